The van der Waals surface area contributed by atoms with Crippen molar-refractivity contribution in [3.8, 4) is 0 Å². The van der Waals surface area contributed by atoms with Gasteiger partial charge in [0.25, 0.3) is 0 Å². The van der Waals surface area contributed by atoms with Crippen molar-refractivity contribution in [2.45, 2.75) is 44.1 Å². The number of hydrogen-bond donors (Lipinski definition) is 1. The molecule has 0 spiro atoms. The standard InChI is InChI=1S/C13H22N2O5S/c1-10-13(11(2)20-15-10)21(16,17)14-6-4-7-18-9-12-5-3-8-19-12/h12,14H,3-9H2,1-2H3/t12-/m1/s1. The lowest BCUT2D eigenvalue weighted by atomic mass is 10.2. The van der Waals surface area contributed by atoms with Crippen LogP contribution in [-0.2, 0) is 19.5 Å². The molecule has 1 N–H and O–H groups in total. The highest BCUT2D eigenvalue weighted by atomic mass is 32.2. The normalized spacial score (nSPS) is 19.2. The first-order valence-electron chi connectivity index (χ1n) is 7.12. The highest BCUT2D eigenvalue weighted by molar-refractivity contribution is 7.89. The van der Waals surface area contributed by atoms with Gasteiger partial charge in [-0.3, -0.25) is 0 Å². The Bertz CT molecular complexity index is 529. The van der Waals surface area contributed by atoms with Crippen LogP contribution in [0.1, 0.15) is 30.7 Å². The molecule has 1 aliphatic rings. The molecule has 1 aromatic heterocycles. The van der Waals surface area contributed by atoms with Crippen molar-refractivity contribution in [2.24, 2.45) is 0 Å². The molecule has 0 unspecified atom stereocenters. The summed E-state index contributed by atoms with van der Waals surface area (Å²) in [5, 5.41) is 3.65. The quantitative estimate of drug-likeness (QED) is 0.723. The summed E-state index contributed by atoms with van der Waals surface area (Å²) in [6.07, 6.45) is 2.93. The second-order valence-electron chi connectivity index (χ2n) is 5.11. The third-order valence-corrected chi connectivity index (χ3v) is 5.03. The fraction of sp³-hybridized carbons (Fsp3) is 0.769. The molecule has 0 aliphatic carbocycles. The molecule has 1 aromatic rings. The smallest absolute Gasteiger partial charge is 0.245 e. The van der Waals surface area contributed by atoms with E-state index < -0.39 is 10.0 Å². The molecule has 8 heteroatoms. The second kappa shape index (κ2) is 7.35. The number of hydrogen-bond acceptors (Lipinski definition) is 6. The Kier molecular flexibility index (Phi) is 5.74. The monoisotopic (exact) mass is 318 g/mol. The van der Waals surface area contributed by atoms with Gasteiger partial charge in [0.2, 0.25) is 10.0 Å². The summed E-state index contributed by atoms with van der Waals surface area (Å²) in [5.41, 5.74) is 0.370. The van der Waals surface area contributed by atoms with E-state index in [4.69, 9.17) is 14.0 Å². The molecule has 1 fully saturated rings. The van der Waals surface area contributed by atoms with E-state index in [0.717, 1.165) is 19.4 Å². The Morgan fingerprint density at radius 1 is 1.43 bits per heavy atom. The SMILES string of the molecule is Cc1noc(C)c1S(=O)(=O)NCCCOC[C@H]1CCCO1. The molecule has 7 nitrogen and oxygen atoms in total. The van der Waals surface area contributed by atoms with Crippen LogP contribution >= 0.6 is 0 Å². The lowest BCUT2D eigenvalue weighted by Crippen LogP contribution is -2.26. The maximum Gasteiger partial charge on any atom is 0.245 e. The Hall–Kier alpha value is -0.960. The Balaban J connectivity index is 1.68. The first-order valence-corrected chi connectivity index (χ1v) is 8.61. The first-order chi connectivity index (χ1) is 10.0. The highest BCUT2D eigenvalue weighted by Gasteiger charge is 2.23. The molecule has 2 rings (SSSR count). The van der Waals surface area contributed by atoms with Crippen LogP contribution in [0, 0.1) is 13.8 Å². The summed E-state index contributed by atoms with van der Waals surface area (Å²) in [7, 11) is -3.57. The van der Waals surface area contributed by atoms with Crippen LogP contribution < -0.4 is 4.72 Å². The Labute approximate surface area is 125 Å². The summed E-state index contributed by atoms with van der Waals surface area (Å²) in [6.45, 7) is 5.40. The lowest BCUT2D eigenvalue weighted by Gasteiger charge is -2.10. The topological polar surface area (TPSA) is 90.7 Å². The van der Waals surface area contributed by atoms with Gasteiger partial charge >= 0.3 is 0 Å². The molecule has 120 valence electrons. The third-order valence-electron chi connectivity index (χ3n) is 3.32. The van der Waals surface area contributed by atoms with E-state index in [1.54, 1.807) is 13.8 Å². The van der Waals surface area contributed by atoms with Crippen LogP contribution in [-0.4, -0.2) is 46.0 Å². The zero-order valence-electron chi connectivity index (χ0n) is 12.4. The van der Waals surface area contributed by atoms with Crippen LogP contribution in [0.3, 0.4) is 0 Å². The zero-order valence-corrected chi connectivity index (χ0v) is 13.2. The van der Waals surface area contributed by atoms with Crippen molar-refractivity contribution in [3.63, 3.8) is 0 Å². The largest absolute Gasteiger partial charge is 0.379 e. The van der Waals surface area contributed by atoms with Crippen molar-refractivity contribution in [2.75, 3.05) is 26.4 Å². The molecule has 1 saturated heterocycles. The fourth-order valence-corrected chi connectivity index (χ4v) is 3.70. The summed E-state index contributed by atoms with van der Waals surface area (Å²) >= 11 is 0. The van der Waals surface area contributed by atoms with Gasteiger partial charge in [-0.15, -0.1) is 0 Å². The average Bonchev–Trinajstić information content (AvgIpc) is 3.04. The van der Waals surface area contributed by atoms with Crippen molar-refractivity contribution in [3.05, 3.63) is 11.5 Å². The number of ether oxygens (including phenoxy) is 2. The number of sulfonamides is 1. The van der Waals surface area contributed by atoms with Gasteiger partial charge in [-0.05, 0) is 33.1 Å². The molecular formula is C13H22N2O5S. The molecule has 2 heterocycles. The van der Waals surface area contributed by atoms with Gasteiger partial charge in [0, 0.05) is 19.8 Å². The van der Waals surface area contributed by atoms with Gasteiger partial charge in [-0.2, -0.15) is 0 Å². The number of aryl methyl sites for hydroxylation is 2. The highest BCUT2D eigenvalue weighted by Crippen LogP contribution is 2.18. The van der Waals surface area contributed by atoms with E-state index >= 15 is 0 Å². The van der Waals surface area contributed by atoms with Gasteiger partial charge in [0.1, 0.15) is 10.6 Å². The summed E-state index contributed by atoms with van der Waals surface area (Å²) in [5.74, 6) is 0.301. The second-order valence-corrected chi connectivity index (χ2v) is 6.82. The van der Waals surface area contributed by atoms with Gasteiger partial charge in [-0.25, -0.2) is 13.1 Å². The van der Waals surface area contributed by atoms with Crippen LogP contribution in [0.25, 0.3) is 0 Å². The van der Waals surface area contributed by atoms with E-state index in [9.17, 15) is 8.42 Å². The van der Waals surface area contributed by atoms with Gasteiger partial charge < -0.3 is 14.0 Å². The van der Waals surface area contributed by atoms with E-state index in [1.165, 1.54) is 0 Å². The molecule has 21 heavy (non-hydrogen) atoms. The first kappa shape index (κ1) is 16.4. The minimum Gasteiger partial charge on any atom is -0.379 e. The Morgan fingerprint density at radius 3 is 2.86 bits per heavy atom. The number of rotatable bonds is 8. The maximum absolute atomic E-state index is 12.1. The zero-order chi connectivity index (χ0) is 15.3. The summed E-state index contributed by atoms with van der Waals surface area (Å²) < 4.78 is 42.5. The maximum atomic E-state index is 12.1. The van der Waals surface area contributed by atoms with Gasteiger partial charge in [-0.1, -0.05) is 5.16 Å². The molecule has 0 aromatic carbocycles. The fourth-order valence-electron chi connectivity index (χ4n) is 2.30. The van der Waals surface area contributed by atoms with E-state index in [0.29, 0.717) is 37.6 Å². The molecular weight excluding hydrogens is 296 g/mol. The van der Waals surface area contributed by atoms with Crippen molar-refractivity contribution in [1.82, 2.24) is 9.88 Å². The van der Waals surface area contributed by atoms with Crippen molar-refractivity contribution in [1.29, 1.82) is 0 Å². The van der Waals surface area contributed by atoms with Crippen LogP contribution in [0.5, 0.6) is 0 Å². The predicted molar refractivity (Wildman–Crippen MR) is 75.6 cm³/mol. The third kappa shape index (κ3) is 4.50. The molecule has 0 radical (unpaired) electrons. The Morgan fingerprint density at radius 2 is 2.24 bits per heavy atom. The molecule has 1 atom stereocenters. The minimum atomic E-state index is -3.57. The van der Waals surface area contributed by atoms with E-state index in [1.807, 2.05) is 0 Å². The predicted octanol–water partition coefficient (Wildman–Crippen LogP) is 1.16. The molecule has 0 bridgehead atoms. The van der Waals surface area contributed by atoms with Gasteiger partial charge in [0.05, 0.1) is 12.7 Å². The van der Waals surface area contributed by atoms with Crippen molar-refractivity contribution >= 4 is 10.0 Å². The summed E-state index contributed by atoms with van der Waals surface area (Å²) in [4.78, 5) is 0.128. The average molecular weight is 318 g/mol. The van der Waals surface area contributed by atoms with Crippen LogP contribution in [0.4, 0.5) is 0 Å². The van der Waals surface area contributed by atoms with E-state index in [2.05, 4.69) is 9.88 Å². The minimum absolute atomic E-state index is 0.128. The lowest BCUT2D eigenvalue weighted by molar-refractivity contribution is 0.0169. The van der Waals surface area contributed by atoms with E-state index in [-0.39, 0.29) is 11.0 Å². The number of nitrogens with zero attached hydrogens (tertiary/aromatic N) is 1. The molecule has 0 amide bonds. The molecule has 0 saturated carbocycles. The number of nitrogens with one attached hydrogen (secondary N) is 1. The van der Waals surface area contributed by atoms with Crippen molar-refractivity contribution < 1.29 is 22.4 Å². The van der Waals surface area contributed by atoms with Crippen LogP contribution in [0.2, 0.25) is 0 Å². The molecule has 1 aliphatic heterocycles. The number of aromatic nitrogens is 1. The summed E-state index contributed by atoms with van der Waals surface area (Å²) in [6, 6.07) is 0. The van der Waals surface area contributed by atoms with Crippen LogP contribution in [0.15, 0.2) is 9.42 Å². The van der Waals surface area contributed by atoms with Gasteiger partial charge in [0.15, 0.2) is 5.76 Å².